The summed E-state index contributed by atoms with van der Waals surface area (Å²) >= 11 is 0. The summed E-state index contributed by atoms with van der Waals surface area (Å²) in [6.07, 6.45) is -0.751. The summed E-state index contributed by atoms with van der Waals surface area (Å²) < 4.78 is 53.4. The molecule has 0 aliphatic heterocycles. The van der Waals surface area contributed by atoms with Crippen LogP contribution in [0.25, 0.3) is 11.3 Å². The highest BCUT2D eigenvalue weighted by molar-refractivity contribution is 6.03. The molecular weight excluding hydrogens is 302 g/mol. The normalized spacial score (nSPS) is 16.5. The maximum atomic E-state index is 13.4. The molecule has 1 aliphatic rings. The number of Topliss-reactive ketones (excluding diaryl/α,β-unsaturated/α-hetero) is 1. The summed E-state index contributed by atoms with van der Waals surface area (Å²) in [6, 6.07) is 4.18. The second kappa shape index (κ2) is 4.79. The number of carbonyl (C=O) groups is 1. The Morgan fingerprint density at radius 3 is 2.41 bits per heavy atom. The van der Waals surface area contributed by atoms with Crippen molar-refractivity contribution in [3.05, 3.63) is 47.2 Å². The number of aromatic hydroxyl groups is 1. The van der Waals surface area contributed by atoms with E-state index in [1.54, 1.807) is 0 Å². The fourth-order valence-corrected chi connectivity index (χ4v) is 2.36. The number of nitrogens with zero attached hydrogens (tertiary/aromatic N) is 1. The number of carbonyl (C=O) groups excluding carboxylic acids is 1. The van der Waals surface area contributed by atoms with E-state index in [0.29, 0.717) is 0 Å². The van der Waals surface area contributed by atoms with Crippen molar-refractivity contribution in [2.45, 2.75) is 18.8 Å². The molecule has 0 bridgehead atoms. The lowest BCUT2D eigenvalue weighted by molar-refractivity contribution is 0.00170. The van der Waals surface area contributed by atoms with Gasteiger partial charge in [0.05, 0.1) is 11.4 Å². The Morgan fingerprint density at radius 1 is 1.14 bits per heavy atom. The number of pyridine rings is 1. The van der Waals surface area contributed by atoms with Gasteiger partial charge in [-0.2, -0.15) is 8.78 Å². The Labute approximate surface area is 122 Å². The van der Waals surface area contributed by atoms with Crippen LogP contribution in [0, 0.1) is 11.6 Å². The molecule has 0 spiro atoms. The Kier molecular flexibility index (Phi) is 3.16. The second-order valence-corrected chi connectivity index (χ2v) is 5.01. The lowest BCUT2D eigenvalue weighted by atomic mass is 9.91. The molecular formula is C15H9F4NO2. The zero-order valence-corrected chi connectivity index (χ0v) is 11.0. The number of hydrogen-bond donors (Lipinski definition) is 1. The van der Waals surface area contributed by atoms with Crippen LogP contribution in [0.4, 0.5) is 17.6 Å². The molecule has 0 amide bonds. The Hall–Kier alpha value is -2.44. The Balaban J connectivity index is 2.07. The first-order valence-corrected chi connectivity index (χ1v) is 6.40. The summed E-state index contributed by atoms with van der Waals surface area (Å²) in [7, 11) is 0. The molecule has 3 rings (SSSR count). The molecule has 2 aromatic rings. The smallest absolute Gasteiger partial charge is 0.310 e. The summed E-state index contributed by atoms with van der Waals surface area (Å²) in [5.41, 5.74) is 0.164. The molecule has 0 fully saturated rings. The van der Waals surface area contributed by atoms with Crippen molar-refractivity contribution < 1.29 is 27.5 Å². The maximum absolute atomic E-state index is 13.4. The van der Waals surface area contributed by atoms with E-state index in [-0.39, 0.29) is 28.9 Å². The molecule has 7 heteroatoms. The maximum Gasteiger partial charge on any atom is 0.310 e. The topological polar surface area (TPSA) is 50.2 Å². The number of fused-ring (bicyclic) bond motifs is 1. The minimum atomic E-state index is -3.41. The number of phenolic OH excluding ortho intramolecular Hbond substituents is 1. The number of hydrogen-bond acceptors (Lipinski definition) is 3. The van der Waals surface area contributed by atoms with Gasteiger partial charge in [-0.1, -0.05) is 0 Å². The number of benzene rings is 1. The van der Waals surface area contributed by atoms with Crippen LogP contribution in [0.15, 0.2) is 24.3 Å². The molecule has 1 aromatic heterocycles. The van der Waals surface area contributed by atoms with Crippen LogP contribution in [0.3, 0.4) is 0 Å². The third-order valence-electron chi connectivity index (χ3n) is 3.54. The van der Waals surface area contributed by atoms with E-state index in [1.807, 2.05) is 0 Å². The highest BCUT2D eigenvalue weighted by Crippen LogP contribution is 2.34. The molecule has 1 N–H and O–H groups in total. The van der Waals surface area contributed by atoms with Crippen LogP contribution in [0.2, 0.25) is 0 Å². The number of rotatable bonds is 1. The minimum absolute atomic E-state index is 0.0420. The average Bonchev–Trinajstić information content (AvgIpc) is 2.48. The Morgan fingerprint density at radius 2 is 1.77 bits per heavy atom. The Bertz CT molecular complexity index is 766. The molecule has 22 heavy (non-hydrogen) atoms. The van der Waals surface area contributed by atoms with E-state index < -0.39 is 35.5 Å². The van der Waals surface area contributed by atoms with Gasteiger partial charge in [0.1, 0.15) is 0 Å². The zero-order chi connectivity index (χ0) is 16.1. The lowest BCUT2D eigenvalue weighted by Gasteiger charge is -2.22. The van der Waals surface area contributed by atoms with Crippen LogP contribution in [0.1, 0.15) is 22.5 Å². The number of aromatic nitrogens is 1. The van der Waals surface area contributed by atoms with Crippen LogP contribution in [-0.2, 0) is 6.42 Å². The highest BCUT2D eigenvalue weighted by Gasteiger charge is 2.43. The van der Waals surface area contributed by atoms with Crippen LogP contribution >= 0.6 is 0 Å². The summed E-state index contributed by atoms with van der Waals surface area (Å²) in [5.74, 6) is -8.12. The standard InChI is InChI=1S/C15H9F4NO2/c16-9-5-7(6-10(17)13(9)21)11-2-1-8-12(20-11)3-4-15(18,19)14(8)22/h1-2,5-6,21H,3-4H2. The monoisotopic (exact) mass is 311 g/mol. The first kappa shape index (κ1) is 14.5. The molecule has 1 aromatic carbocycles. The van der Waals surface area contributed by atoms with Crippen LogP contribution in [-0.4, -0.2) is 21.8 Å². The molecule has 0 saturated heterocycles. The van der Waals surface area contributed by atoms with Crippen molar-refractivity contribution in [3.8, 4) is 17.0 Å². The summed E-state index contributed by atoms with van der Waals surface area (Å²) in [4.78, 5) is 15.6. The summed E-state index contributed by atoms with van der Waals surface area (Å²) in [6.45, 7) is 0. The van der Waals surface area contributed by atoms with E-state index in [2.05, 4.69) is 4.98 Å². The van der Waals surface area contributed by atoms with Gasteiger partial charge in [-0.05, 0) is 30.7 Å². The van der Waals surface area contributed by atoms with Gasteiger partial charge in [-0.3, -0.25) is 9.78 Å². The molecule has 1 aliphatic carbocycles. The minimum Gasteiger partial charge on any atom is -0.503 e. The fraction of sp³-hybridized carbons (Fsp3) is 0.200. The predicted octanol–water partition coefficient (Wildman–Crippen LogP) is 3.50. The second-order valence-electron chi connectivity index (χ2n) is 5.01. The number of phenols is 1. The number of alkyl halides is 2. The van der Waals surface area contributed by atoms with Crippen molar-refractivity contribution in [1.29, 1.82) is 0 Å². The molecule has 0 unspecified atom stereocenters. The first-order chi connectivity index (χ1) is 10.3. The average molecular weight is 311 g/mol. The highest BCUT2D eigenvalue weighted by atomic mass is 19.3. The van der Waals surface area contributed by atoms with Crippen LogP contribution in [0.5, 0.6) is 5.75 Å². The zero-order valence-electron chi connectivity index (χ0n) is 11.0. The molecule has 1 heterocycles. The SMILES string of the molecule is O=C1c2ccc(-c3cc(F)c(O)c(F)c3)nc2CCC1(F)F. The van der Waals surface area contributed by atoms with Gasteiger partial charge in [-0.25, -0.2) is 8.78 Å². The lowest BCUT2D eigenvalue weighted by Crippen LogP contribution is -2.34. The van der Waals surface area contributed by atoms with Gasteiger partial charge in [-0.15, -0.1) is 0 Å². The number of aryl methyl sites for hydroxylation is 1. The van der Waals surface area contributed by atoms with E-state index in [0.717, 1.165) is 12.1 Å². The van der Waals surface area contributed by atoms with Gasteiger partial charge < -0.3 is 5.11 Å². The van der Waals surface area contributed by atoms with Gasteiger partial charge in [0.2, 0.25) is 5.78 Å². The van der Waals surface area contributed by atoms with Gasteiger partial charge in [0.25, 0.3) is 0 Å². The van der Waals surface area contributed by atoms with Crippen molar-refractivity contribution >= 4 is 5.78 Å². The van der Waals surface area contributed by atoms with Crippen molar-refractivity contribution in [3.63, 3.8) is 0 Å². The van der Waals surface area contributed by atoms with Crippen molar-refractivity contribution in [2.24, 2.45) is 0 Å². The number of halogens is 4. The first-order valence-electron chi connectivity index (χ1n) is 6.40. The molecule has 0 saturated carbocycles. The van der Waals surface area contributed by atoms with Crippen molar-refractivity contribution in [2.75, 3.05) is 0 Å². The number of ketones is 1. The molecule has 0 radical (unpaired) electrons. The predicted molar refractivity (Wildman–Crippen MR) is 68.9 cm³/mol. The third kappa shape index (κ3) is 2.22. The fourth-order valence-electron chi connectivity index (χ4n) is 2.36. The molecule has 3 nitrogen and oxygen atoms in total. The van der Waals surface area contributed by atoms with Crippen molar-refractivity contribution in [1.82, 2.24) is 4.98 Å². The largest absolute Gasteiger partial charge is 0.503 e. The van der Waals surface area contributed by atoms with E-state index in [1.165, 1.54) is 12.1 Å². The quantitative estimate of drug-likeness (QED) is 0.820. The molecule has 114 valence electrons. The molecule has 0 atom stereocenters. The van der Waals surface area contributed by atoms with Crippen LogP contribution < -0.4 is 0 Å². The summed E-state index contributed by atoms with van der Waals surface area (Å²) in [5, 5.41) is 9.06. The van der Waals surface area contributed by atoms with Gasteiger partial charge in [0.15, 0.2) is 17.4 Å². The van der Waals surface area contributed by atoms with E-state index in [9.17, 15) is 22.4 Å². The van der Waals surface area contributed by atoms with Gasteiger partial charge >= 0.3 is 5.92 Å². The van der Waals surface area contributed by atoms with E-state index in [4.69, 9.17) is 5.11 Å². The third-order valence-corrected chi connectivity index (χ3v) is 3.54. The van der Waals surface area contributed by atoms with E-state index >= 15 is 0 Å². The van der Waals surface area contributed by atoms with Gasteiger partial charge in [0, 0.05) is 17.5 Å².